The van der Waals surface area contributed by atoms with Crippen molar-refractivity contribution in [2.75, 3.05) is 13.7 Å². The molecule has 3 heteroatoms. The third-order valence-corrected chi connectivity index (χ3v) is 2.08. The van der Waals surface area contributed by atoms with Gasteiger partial charge in [-0.15, -0.1) is 0 Å². The number of rotatable bonds is 5. The summed E-state index contributed by atoms with van der Waals surface area (Å²) in [6.45, 7) is 8.23. The number of ether oxygens (including phenoxy) is 1. The number of nitrogens with one attached hydrogen (secondary N) is 1. The van der Waals surface area contributed by atoms with Crippen molar-refractivity contribution in [1.29, 1.82) is 0 Å². The fraction of sp³-hybridized carbons (Fsp3) is 0.727. The predicted molar refractivity (Wildman–Crippen MR) is 58.1 cm³/mol. The van der Waals surface area contributed by atoms with Gasteiger partial charge in [-0.2, -0.15) is 0 Å². The van der Waals surface area contributed by atoms with Crippen molar-refractivity contribution in [3.05, 3.63) is 11.6 Å². The van der Waals surface area contributed by atoms with Crippen LogP contribution in [-0.4, -0.2) is 25.7 Å². The molecule has 0 aromatic heterocycles. The van der Waals surface area contributed by atoms with Gasteiger partial charge in [0, 0.05) is 11.6 Å². The van der Waals surface area contributed by atoms with Crippen molar-refractivity contribution in [1.82, 2.24) is 5.32 Å². The van der Waals surface area contributed by atoms with E-state index in [1.54, 1.807) is 6.92 Å². The maximum Gasteiger partial charge on any atom is 0.333 e. The molecular weight excluding hydrogens is 178 g/mol. The highest BCUT2D eigenvalue weighted by molar-refractivity contribution is 5.87. The first-order valence-electron chi connectivity index (χ1n) is 5.05. The highest BCUT2D eigenvalue weighted by Gasteiger charge is 2.11. The van der Waals surface area contributed by atoms with Gasteiger partial charge in [0.05, 0.1) is 6.61 Å². The van der Waals surface area contributed by atoms with E-state index in [-0.39, 0.29) is 12.0 Å². The normalized spacial score (nSPS) is 14.3. The zero-order valence-electron chi connectivity index (χ0n) is 9.76. The van der Waals surface area contributed by atoms with Gasteiger partial charge in [-0.3, -0.25) is 0 Å². The molecule has 0 aromatic rings. The largest absolute Gasteiger partial charge is 0.463 e. The van der Waals surface area contributed by atoms with Gasteiger partial charge in [0.2, 0.25) is 0 Å². The highest BCUT2D eigenvalue weighted by Crippen LogP contribution is 2.06. The van der Waals surface area contributed by atoms with Crippen molar-refractivity contribution in [2.45, 2.75) is 33.7 Å². The van der Waals surface area contributed by atoms with Gasteiger partial charge in [-0.1, -0.05) is 19.9 Å². The monoisotopic (exact) mass is 199 g/mol. The van der Waals surface area contributed by atoms with Crippen LogP contribution >= 0.6 is 0 Å². The summed E-state index contributed by atoms with van der Waals surface area (Å²) >= 11 is 0. The maximum absolute atomic E-state index is 11.3. The summed E-state index contributed by atoms with van der Waals surface area (Å²) in [6.07, 6.45) is 1.92. The number of likely N-dealkylation sites (N-methyl/N-ethyl adjacent to an activating group) is 1. The Morgan fingerprint density at radius 2 is 2.07 bits per heavy atom. The molecular formula is C11H21NO2. The second-order valence-corrected chi connectivity index (χ2v) is 3.63. The Morgan fingerprint density at radius 1 is 1.50 bits per heavy atom. The molecule has 0 amide bonds. The molecule has 1 unspecified atom stereocenters. The summed E-state index contributed by atoms with van der Waals surface area (Å²) in [5.74, 6) is 0.234. The standard InChI is InChI=1S/C11H21NO2/c1-6-14-11(13)9(4)7-10(12-5)8(2)3/h7-8,10,12H,6H2,1-5H3. The van der Waals surface area contributed by atoms with Gasteiger partial charge in [-0.25, -0.2) is 4.79 Å². The summed E-state index contributed by atoms with van der Waals surface area (Å²) in [5.41, 5.74) is 0.667. The minimum atomic E-state index is -0.228. The lowest BCUT2D eigenvalue weighted by atomic mass is 10.0. The zero-order valence-corrected chi connectivity index (χ0v) is 9.76. The summed E-state index contributed by atoms with van der Waals surface area (Å²) in [7, 11) is 1.89. The number of hydrogen-bond acceptors (Lipinski definition) is 3. The van der Waals surface area contributed by atoms with Crippen LogP contribution in [0.25, 0.3) is 0 Å². The molecule has 0 spiro atoms. The number of hydrogen-bond donors (Lipinski definition) is 1. The molecule has 0 fully saturated rings. The van der Waals surface area contributed by atoms with E-state index in [1.165, 1.54) is 0 Å². The second-order valence-electron chi connectivity index (χ2n) is 3.63. The van der Waals surface area contributed by atoms with Gasteiger partial charge in [0.25, 0.3) is 0 Å². The smallest absolute Gasteiger partial charge is 0.333 e. The molecule has 0 aliphatic heterocycles. The van der Waals surface area contributed by atoms with Gasteiger partial charge in [0.15, 0.2) is 0 Å². The molecule has 1 N–H and O–H groups in total. The van der Waals surface area contributed by atoms with E-state index in [2.05, 4.69) is 19.2 Å². The van der Waals surface area contributed by atoms with Crippen LogP contribution in [0.1, 0.15) is 27.7 Å². The van der Waals surface area contributed by atoms with E-state index in [1.807, 2.05) is 20.0 Å². The maximum atomic E-state index is 11.3. The number of esters is 1. The quantitative estimate of drug-likeness (QED) is 0.541. The summed E-state index contributed by atoms with van der Waals surface area (Å²) in [5, 5.41) is 3.15. The molecule has 0 radical (unpaired) electrons. The average molecular weight is 199 g/mol. The molecule has 82 valence electrons. The minimum Gasteiger partial charge on any atom is -0.463 e. The SMILES string of the molecule is CCOC(=O)C(C)=CC(NC)C(C)C. The lowest BCUT2D eigenvalue weighted by Crippen LogP contribution is -2.29. The first-order valence-corrected chi connectivity index (χ1v) is 5.05. The summed E-state index contributed by atoms with van der Waals surface area (Å²) < 4.78 is 4.89. The van der Waals surface area contributed by atoms with Crippen molar-refractivity contribution in [3.8, 4) is 0 Å². The Balaban J connectivity index is 4.39. The van der Waals surface area contributed by atoms with Crippen LogP contribution in [0.15, 0.2) is 11.6 Å². The molecule has 14 heavy (non-hydrogen) atoms. The first-order chi connectivity index (χ1) is 6.52. The lowest BCUT2D eigenvalue weighted by Gasteiger charge is -2.16. The molecule has 1 atom stereocenters. The molecule has 0 rings (SSSR count). The summed E-state index contributed by atoms with van der Waals surface area (Å²) in [6, 6.07) is 0.222. The van der Waals surface area contributed by atoms with Crippen LogP contribution in [0.2, 0.25) is 0 Å². The van der Waals surface area contributed by atoms with Crippen LogP contribution in [0.5, 0.6) is 0 Å². The Hall–Kier alpha value is -0.830. The van der Waals surface area contributed by atoms with E-state index >= 15 is 0 Å². The highest BCUT2D eigenvalue weighted by atomic mass is 16.5. The Bertz CT molecular complexity index is 209. The predicted octanol–water partition coefficient (Wildman–Crippen LogP) is 1.74. The minimum absolute atomic E-state index is 0.222. The molecule has 0 aliphatic rings. The van der Waals surface area contributed by atoms with Crippen LogP contribution in [0, 0.1) is 5.92 Å². The van der Waals surface area contributed by atoms with Crippen LogP contribution in [0.3, 0.4) is 0 Å². The van der Waals surface area contributed by atoms with E-state index in [0.29, 0.717) is 18.1 Å². The fourth-order valence-electron chi connectivity index (χ4n) is 1.19. The van der Waals surface area contributed by atoms with Crippen molar-refractivity contribution >= 4 is 5.97 Å². The van der Waals surface area contributed by atoms with Crippen molar-refractivity contribution in [3.63, 3.8) is 0 Å². The molecule has 0 bridgehead atoms. The summed E-state index contributed by atoms with van der Waals surface area (Å²) in [4.78, 5) is 11.3. The van der Waals surface area contributed by atoms with E-state index in [0.717, 1.165) is 0 Å². The zero-order chi connectivity index (χ0) is 11.1. The van der Waals surface area contributed by atoms with Gasteiger partial charge in [0.1, 0.15) is 0 Å². The number of carbonyl (C=O) groups excluding carboxylic acids is 1. The first kappa shape index (κ1) is 13.2. The van der Waals surface area contributed by atoms with E-state index < -0.39 is 0 Å². The van der Waals surface area contributed by atoms with Crippen LogP contribution in [0.4, 0.5) is 0 Å². The number of carbonyl (C=O) groups is 1. The fourth-order valence-corrected chi connectivity index (χ4v) is 1.19. The van der Waals surface area contributed by atoms with Crippen LogP contribution < -0.4 is 5.32 Å². The third-order valence-electron chi connectivity index (χ3n) is 2.08. The van der Waals surface area contributed by atoms with Gasteiger partial charge >= 0.3 is 5.97 Å². The Morgan fingerprint density at radius 3 is 2.43 bits per heavy atom. The second kappa shape index (κ2) is 6.60. The molecule has 0 aromatic carbocycles. The Labute approximate surface area is 86.5 Å². The van der Waals surface area contributed by atoms with E-state index in [4.69, 9.17) is 4.74 Å². The lowest BCUT2D eigenvalue weighted by molar-refractivity contribution is -0.138. The van der Waals surface area contributed by atoms with Crippen molar-refractivity contribution < 1.29 is 9.53 Å². The van der Waals surface area contributed by atoms with Gasteiger partial charge < -0.3 is 10.1 Å². The van der Waals surface area contributed by atoms with Gasteiger partial charge in [-0.05, 0) is 26.8 Å². The molecule has 0 saturated carbocycles. The molecule has 0 aliphatic carbocycles. The average Bonchev–Trinajstić information content (AvgIpc) is 2.13. The molecule has 0 heterocycles. The Kier molecular flexibility index (Phi) is 6.21. The van der Waals surface area contributed by atoms with Crippen LogP contribution in [-0.2, 0) is 9.53 Å². The van der Waals surface area contributed by atoms with E-state index in [9.17, 15) is 4.79 Å². The van der Waals surface area contributed by atoms with Crippen molar-refractivity contribution in [2.24, 2.45) is 5.92 Å². The topological polar surface area (TPSA) is 38.3 Å². The molecule has 3 nitrogen and oxygen atoms in total. The third kappa shape index (κ3) is 4.42. The molecule has 0 saturated heterocycles.